The second-order valence-corrected chi connectivity index (χ2v) is 7.12. The van der Waals surface area contributed by atoms with Gasteiger partial charge in [-0.2, -0.15) is 0 Å². The highest BCUT2D eigenvalue weighted by molar-refractivity contribution is 4.99. The molecular weight excluding hydrogens is 244 g/mol. The van der Waals surface area contributed by atoms with Crippen LogP contribution in [0.4, 0.5) is 0 Å². The third-order valence-corrected chi connectivity index (χ3v) is 6.10. The van der Waals surface area contributed by atoms with E-state index in [1.807, 2.05) is 0 Å². The molecule has 2 heteroatoms. The summed E-state index contributed by atoms with van der Waals surface area (Å²) in [4.78, 5) is 2.85. The normalized spacial score (nSPS) is 28.6. The molecule has 0 radical (unpaired) electrons. The van der Waals surface area contributed by atoms with Crippen molar-refractivity contribution in [2.75, 3.05) is 19.6 Å². The zero-order valence-corrected chi connectivity index (χ0v) is 14.1. The number of hydrogen-bond donors (Lipinski definition) is 1. The third-order valence-electron chi connectivity index (χ3n) is 6.10. The predicted octanol–water partition coefficient (Wildman–Crippen LogP) is 4.20. The Kier molecular flexibility index (Phi) is 6.35. The van der Waals surface area contributed by atoms with E-state index in [1.54, 1.807) is 0 Å². The van der Waals surface area contributed by atoms with Crippen LogP contribution < -0.4 is 5.32 Å². The van der Waals surface area contributed by atoms with Crippen molar-refractivity contribution in [1.29, 1.82) is 0 Å². The Hall–Kier alpha value is -0.0800. The van der Waals surface area contributed by atoms with Crippen molar-refractivity contribution in [1.82, 2.24) is 10.2 Å². The van der Waals surface area contributed by atoms with Crippen molar-refractivity contribution in [3.63, 3.8) is 0 Å². The number of nitrogens with zero attached hydrogens (tertiary/aromatic N) is 1. The van der Waals surface area contributed by atoms with Crippen LogP contribution in [0.2, 0.25) is 0 Å². The molecule has 1 N–H and O–H groups in total. The van der Waals surface area contributed by atoms with Gasteiger partial charge in [-0.3, -0.25) is 4.90 Å². The molecule has 2 aliphatic rings. The van der Waals surface area contributed by atoms with Gasteiger partial charge in [0.1, 0.15) is 0 Å². The van der Waals surface area contributed by atoms with Gasteiger partial charge in [-0.25, -0.2) is 0 Å². The molecule has 2 nitrogen and oxygen atoms in total. The van der Waals surface area contributed by atoms with Crippen LogP contribution >= 0.6 is 0 Å². The molecule has 20 heavy (non-hydrogen) atoms. The van der Waals surface area contributed by atoms with Crippen LogP contribution in [0.5, 0.6) is 0 Å². The molecule has 118 valence electrons. The van der Waals surface area contributed by atoms with Crippen molar-refractivity contribution in [2.24, 2.45) is 5.92 Å². The Morgan fingerprint density at radius 3 is 2.35 bits per heavy atom. The van der Waals surface area contributed by atoms with Gasteiger partial charge >= 0.3 is 0 Å². The van der Waals surface area contributed by atoms with Crippen LogP contribution in [0, 0.1) is 5.92 Å². The van der Waals surface area contributed by atoms with E-state index in [1.165, 1.54) is 77.4 Å². The van der Waals surface area contributed by atoms with Crippen molar-refractivity contribution in [3.05, 3.63) is 0 Å². The zero-order chi connectivity index (χ0) is 14.4. The molecule has 0 bridgehead atoms. The van der Waals surface area contributed by atoms with Crippen molar-refractivity contribution in [3.8, 4) is 0 Å². The third kappa shape index (κ3) is 3.57. The van der Waals surface area contributed by atoms with Gasteiger partial charge in [-0.15, -0.1) is 0 Å². The standard InChI is InChI=1S/C18H36N2/c1-4-7-13-20-14-17(16-11-9-8-10-12-16)19-15-18(20,5-2)6-3/h16-17,19H,4-15H2,1-3H3. The van der Waals surface area contributed by atoms with Gasteiger partial charge in [-0.05, 0) is 44.6 Å². The van der Waals surface area contributed by atoms with E-state index >= 15 is 0 Å². The lowest BCUT2D eigenvalue weighted by atomic mass is 9.79. The van der Waals surface area contributed by atoms with Gasteiger partial charge in [0.25, 0.3) is 0 Å². The van der Waals surface area contributed by atoms with Crippen LogP contribution in [0.3, 0.4) is 0 Å². The minimum Gasteiger partial charge on any atom is -0.311 e. The average Bonchev–Trinajstić information content (AvgIpc) is 2.53. The first-order valence-corrected chi connectivity index (χ1v) is 9.24. The number of hydrogen-bond acceptors (Lipinski definition) is 2. The van der Waals surface area contributed by atoms with Crippen molar-refractivity contribution in [2.45, 2.75) is 90.1 Å². The lowest BCUT2D eigenvalue weighted by Crippen LogP contribution is -2.65. The predicted molar refractivity (Wildman–Crippen MR) is 88.2 cm³/mol. The van der Waals surface area contributed by atoms with Crippen molar-refractivity contribution < 1.29 is 0 Å². The minimum absolute atomic E-state index is 0.431. The second-order valence-electron chi connectivity index (χ2n) is 7.12. The summed E-state index contributed by atoms with van der Waals surface area (Å²) in [5, 5.41) is 3.95. The van der Waals surface area contributed by atoms with E-state index in [4.69, 9.17) is 0 Å². The largest absolute Gasteiger partial charge is 0.311 e. The monoisotopic (exact) mass is 280 g/mol. The summed E-state index contributed by atoms with van der Waals surface area (Å²) in [6.45, 7) is 10.9. The molecule has 1 saturated carbocycles. The maximum atomic E-state index is 3.95. The Balaban J connectivity index is 2.00. The Labute approximate surface area is 126 Å². The fraction of sp³-hybridized carbons (Fsp3) is 1.00. The first-order valence-electron chi connectivity index (χ1n) is 9.24. The van der Waals surface area contributed by atoms with Crippen molar-refractivity contribution >= 4 is 0 Å². The van der Waals surface area contributed by atoms with E-state index in [-0.39, 0.29) is 0 Å². The van der Waals surface area contributed by atoms with Gasteiger partial charge in [0.05, 0.1) is 0 Å². The molecule has 2 rings (SSSR count). The molecule has 0 aromatic rings. The SMILES string of the molecule is CCCCN1CC(C2CCCCC2)NCC1(CC)CC. The van der Waals surface area contributed by atoms with Gasteiger partial charge < -0.3 is 5.32 Å². The number of unbranched alkanes of at least 4 members (excludes halogenated alkanes) is 1. The van der Waals surface area contributed by atoms with Crippen LogP contribution in [0.15, 0.2) is 0 Å². The van der Waals surface area contributed by atoms with Crippen LogP contribution in [-0.4, -0.2) is 36.1 Å². The lowest BCUT2D eigenvalue weighted by Gasteiger charge is -2.51. The Morgan fingerprint density at radius 2 is 1.75 bits per heavy atom. The number of piperazine rings is 1. The average molecular weight is 280 g/mol. The highest BCUT2D eigenvalue weighted by Gasteiger charge is 2.40. The van der Waals surface area contributed by atoms with E-state index in [0.717, 1.165) is 12.0 Å². The Bertz CT molecular complexity index is 267. The topological polar surface area (TPSA) is 15.3 Å². The zero-order valence-electron chi connectivity index (χ0n) is 14.1. The molecule has 1 atom stereocenters. The van der Waals surface area contributed by atoms with E-state index in [9.17, 15) is 0 Å². The molecule has 1 aliphatic carbocycles. The molecule has 0 aromatic carbocycles. The second kappa shape index (κ2) is 7.79. The van der Waals surface area contributed by atoms with Crippen LogP contribution in [0.1, 0.15) is 78.6 Å². The molecule has 0 amide bonds. The van der Waals surface area contributed by atoms with Crippen LogP contribution in [0.25, 0.3) is 0 Å². The Morgan fingerprint density at radius 1 is 1.05 bits per heavy atom. The summed E-state index contributed by atoms with van der Waals surface area (Å²) in [5.41, 5.74) is 0.431. The summed E-state index contributed by atoms with van der Waals surface area (Å²) in [6, 6.07) is 0.762. The molecule has 1 saturated heterocycles. The molecule has 0 spiro atoms. The molecule has 0 aromatic heterocycles. The van der Waals surface area contributed by atoms with E-state index in [2.05, 4.69) is 31.0 Å². The highest BCUT2D eigenvalue weighted by Crippen LogP contribution is 2.33. The summed E-state index contributed by atoms with van der Waals surface area (Å²) in [5.74, 6) is 0.944. The van der Waals surface area contributed by atoms with E-state index in [0.29, 0.717) is 5.54 Å². The van der Waals surface area contributed by atoms with Gasteiger partial charge in [0.2, 0.25) is 0 Å². The molecular formula is C18H36N2. The molecule has 1 unspecified atom stereocenters. The lowest BCUT2D eigenvalue weighted by molar-refractivity contribution is 0.0137. The summed E-state index contributed by atoms with van der Waals surface area (Å²) < 4.78 is 0. The number of nitrogens with one attached hydrogen (secondary N) is 1. The van der Waals surface area contributed by atoms with E-state index < -0.39 is 0 Å². The van der Waals surface area contributed by atoms with Gasteiger partial charge in [0.15, 0.2) is 0 Å². The fourth-order valence-electron chi connectivity index (χ4n) is 4.41. The first-order chi connectivity index (χ1) is 9.75. The fourth-order valence-corrected chi connectivity index (χ4v) is 4.41. The molecule has 1 aliphatic heterocycles. The summed E-state index contributed by atoms with van der Waals surface area (Å²) in [7, 11) is 0. The van der Waals surface area contributed by atoms with Gasteiger partial charge in [-0.1, -0.05) is 46.5 Å². The minimum atomic E-state index is 0.431. The molecule has 1 heterocycles. The quantitative estimate of drug-likeness (QED) is 0.784. The van der Waals surface area contributed by atoms with Crippen LogP contribution in [-0.2, 0) is 0 Å². The maximum Gasteiger partial charge on any atom is 0.0329 e. The maximum absolute atomic E-state index is 3.95. The number of rotatable bonds is 6. The molecule has 2 fully saturated rings. The first kappa shape index (κ1) is 16.3. The van der Waals surface area contributed by atoms with Gasteiger partial charge in [0, 0.05) is 24.7 Å². The smallest absolute Gasteiger partial charge is 0.0329 e. The summed E-state index contributed by atoms with van der Waals surface area (Å²) in [6.07, 6.45) is 12.6. The summed E-state index contributed by atoms with van der Waals surface area (Å²) >= 11 is 0. The highest BCUT2D eigenvalue weighted by atomic mass is 15.3.